The summed E-state index contributed by atoms with van der Waals surface area (Å²) in [5.41, 5.74) is 0.903. The monoisotopic (exact) mass is 274 g/mol. The zero-order valence-electron chi connectivity index (χ0n) is 8.93. The first kappa shape index (κ1) is 12.5. The fraction of sp³-hybridized carbons (Fsp3) is 0.500. The minimum atomic E-state index is -0.238. The molecule has 0 saturated heterocycles. The molecule has 0 aliphatic rings. The summed E-state index contributed by atoms with van der Waals surface area (Å²) in [7, 11) is 0. The van der Waals surface area contributed by atoms with E-state index < -0.39 is 0 Å². The van der Waals surface area contributed by atoms with Crippen molar-refractivity contribution in [2.24, 2.45) is 0 Å². The van der Waals surface area contributed by atoms with Crippen molar-refractivity contribution in [3.63, 3.8) is 0 Å². The highest BCUT2D eigenvalue weighted by molar-refractivity contribution is 9.08. The maximum Gasteiger partial charge on any atom is 0.127 e. The highest BCUT2D eigenvalue weighted by Gasteiger charge is 2.00. The molecular formula is C12H16BrFO. The van der Waals surface area contributed by atoms with Gasteiger partial charge in [0.2, 0.25) is 0 Å². The molecule has 1 rings (SSSR count). The fourth-order valence-electron chi connectivity index (χ4n) is 1.32. The summed E-state index contributed by atoms with van der Waals surface area (Å²) in [5, 5.41) is 0.649. The van der Waals surface area contributed by atoms with Crippen LogP contribution in [0.5, 0.6) is 5.75 Å². The first-order valence-electron chi connectivity index (χ1n) is 5.24. The van der Waals surface area contributed by atoms with E-state index in [1.54, 1.807) is 0 Å². The first-order valence-corrected chi connectivity index (χ1v) is 6.36. The quantitative estimate of drug-likeness (QED) is 0.556. The molecule has 3 heteroatoms. The zero-order valence-corrected chi connectivity index (χ0v) is 10.5. The van der Waals surface area contributed by atoms with Crippen molar-refractivity contribution >= 4 is 15.9 Å². The Morgan fingerprint density at radius 2 is 2.07 bits per heavy atom. The Bertz CT molecular complexity index is 302. The smallest absolute Gasteiger partial charge is 0.127 e. The van der Waals surface area contributed by atoms with Crippen LogP contribution in [-0.2, 0) is 5.33 Å². The second-order valence-electron chi connectivity index (χ2n) is 3.48. The molecule has 0 aliphatic carbocycles. The lowest BCUT2D eigenvalue weighted by Gasteiger charge is -2.07. The van der Waals surface area contributed by atoms with Crippen LogP contribution in [0.3, 0.4) is 0 Å². The van der Waals surface area contributed by atoms with Crippen molar-refractivity contribution in [2.75, 3.05) is 6.61 Å². The van der Waals surface area contributed by atoms with Gasteiger partial charge in [0.05, 0.1) is 6.61 Å². The molecule has 0 radical (unpaired) electrons. The van der Waals surface area contributed by atoms with Gasteiger partial charge in [0.25, 0.3) is 0 Å². The largest absolute Gasteiger partial charge is 0.493 e. The lowest BCUT2D eigenvalue weighted by molar-refractivity contribution is 0.304. The Morgan fingerprint density at radius 3 is 2.73 bits per heavy atom. The summed E-state index contributed by atoms with van der Waals surface area (Å²) in [6.45, 7) is 2.81. The van der Waals surface area contributed by atoms with Crippen molar-refractivity contribution in [2.45, 2.75) is 31.5 Å². The number of benzene rings is 1. The molecule has 0 aromatic heterocycles. The van der Waals surface area contributed by atoms with E-state index in [-0.39, 0.29) is 5.82 Å². The summed E-state index contributed by atoms with van der Waals surface area (Å²) in [6, 6.07) is 4.80. The van der Waals surface area contributed by atoms with Crippen molar-refractivity contribution < 1.29 is 9.13 Å². The van der Waals surface area contributed by atoms with Gasteiger partial charge < -0.3 is 4.74 Å². The van der Waals surface area contributed by atoms with Crippen LogP contribution in [0, 0.1) is 5.82 Å². The lowest BCUT2D eigenvalue weighted by atomic mass is 10.2. The molecule has 0 fully saturated rings. The van der Waals surface area contributed by atoms with Gasteiger partial charge >= 0.3 is 0 Å². The van der Waals surface area contributed by atoms with Gasteiger partial charge in [-0.1, -0.05) is 35.7 Å². The summed E-state index contributed by atoms with van der Waals surface area (Å²) in [6.07, 6.45) is 3.34. The van der Waals surface area contributed by atoms with E-state index in [4.69, 9.17) is 4.74 Å². The average Bonchev–Trinajstić information content (AvgIpc) is 2.23. The lowest BCUT2D eigenvalue weighted by Crippen LogP contribution is -1.98. The molecule has 0 spiro atoms. The molecule has 1 aromatic carbocycles. The Balaban J connectivity index is 2.49. The van der Waals surface area contributed by atoms with Gasteiger partial charge in [-0.05, 0) is 24.1 Å². The minimum absolute atomic E-state index is 0.238. The Morgan fingerprint density at radius 1 is 1.27 bits per heavy atom. The van der Waals surface area contributed by atoms with Crippen LogP contribution >= 0.6 is 15.9 Å². The van der Waals surface area contributed by atoms with Gasteiger partial charge in [0, 0.05) is 11.4 Å². The third-order valence-corrected chi connectivity index (χ3v) is 2.75. The van der Waals surface area contributed by atoms with E-state index in [9.17, 15) is 4.39 Å². The average molecular weight is 275 g/mol. The molecule has 1 nitrogen and oxygen atoms in total. The van der Waals surface area contributed by atoms with E-state index in [1.165, 1.54) is 18.6 Å². The second kappa shape index (κ2) is 6.83. The molecule has 0 N–H and O–H groups in total. The van der Waals surface area contributed by atoms with Crippen LogP contribution in [0.4, 0.5) is 4.39 Å². The molecule has 0 amide bonds. The molecule has 0 unspecified atom stereocenters. The van der Waals surface area contributed by atoms with Gasteiger partial charge in [-0.3, -0.25) is 0 Å². The van der Waals surface area contributed by atoms with Crippen LogP contribution in [0.2, 0.25) is 0 Å². The Kier molecular flexibility index (Phi) is 5.69. The minimum Gasteiger partial charge on any atom is -0.493 e. The van der Waals surface area contributed by atoms with Crippen LogP contribution in [-0.4, -0.2) is 6.61 Å². The van der Waals surface area contributed by atoms with E-state index in [0.29, 0.717) is 17.7 Å². The zero-order chi connectivity index (χ0) is 11.1. The molecule has 0 aliphatic heterocycles. The maximum absolute atomic E-state index is 13.1. The SMILES string of the molecule is CCCCCOc1cc(F)cc(CBr)c1. The number of rotatable bonds is 6. The number of halogens is 2. The van der Waals surface area contributed by atoms with Gasteiger partial charge in [0.1, 0.15) is 11.6 Å². The van der Waals surface area contributed by atoms with Gasteiger partial charge in [0.15, 0.2) is 0 Å². The fourth-order valence-corrected chi connectivity index (χ4v) is 1.65. The Hall–Kier alpha value is -0.570. The first-order chi connectivity index (χ1) is 7.26. The molecule has 0 heterocycles. The van der Waals surface area contributed by atoms with E-state index in [1.807, 2.05) is 6.07 Å². The Labute approximate surface area is 98.8 Å². The van der Waals surface area contributed by atoms with Gasteiger partial charge in [-0.2, -0.15) is 0 Å². The number of alkyl halides is 1. The second-order valence-corrected chi connectivity index (χ2v) is 4.05. The summed E-state index contributed by atoms with van der Waals surface area (Å²) in [5.74, 6) is 0.387. The molecule has 84 valence electrons. The highest BCUT2D eigenvalue weighted by atomic mass is 79.9. The standard InChI is InChI=1S/C12H16BrFO/c1-2-3-4-5-15-12-7-10(9-13)6-11(14)8-12/h6-8H,2-5,9H2,1H3. The third kappa shape index (κ3) is 4.65. The topological polar surface area (TPSA) is 9.23 Å². The van der Waals surface area contributed by atoms with Crippen LogP contribution in [0.1, 0.15) is 31.7 Å². The summed E-state index contributed by atoms with van der Waals surface area (Å²) < 4.78 is 18.6. The molecular weight excluding hydrogens is 259 g/mol. The van der Waals surface area contributed by atoms with Crippen molar-refractivity contribution in [3.05, 3.63) is 29.6 Å². The predicted molar refractivity (Wildman–Crippen MR) is 64.1 cm³/mol. The van der Waals surface area contributed by atoms with Gasteiger partial charge in [-0.25, -0.2) is 4.39 Å². The number of unbranched alkanes of at least 4 members (excludes halogenated alkanes) is 2. The molecule has 1 aromatic rings. The normalized spacial score (nSPS) is 10.3. The van der Waals surface area contributed by atoms with Crippen LogP contribution < -0.4 is 4.74 Å². The molecule has 0 saturated carbocycles. The summed E-state index contributed by atoms with van der Waals surface area (Å²) >= 11 is 3.30. The van der Waals surface area contributed by atoms with Crippen LogP contribution in [0.25, 0.3) is 0 Å². The third-order valence-electron chi connectivity index (χ3n) is 2.10. The summed E-state index contributed by atoms with van der Waals surface area (Å²) in [4.78, 5) is 0. The maximum atomic E-state index is 13.1. The number of hydrogen-bond donors (Lipinski definition) is 0. The van der Waals surface area contributed by atoms with E-state index in [0.717, 1.165) is 18.4 Å². The number of hydrogen-bond acceptors (Lipinski definition) is 1. The van der Waals surface area contributed by atoms with Crippen molar-refractivity contribution in [3.8, 4) is 5.75 Å². The number of ether oxygens (including phenoxy) is 1. The molecule has 0 atom stereocenters. The van der Waals surface area contributed by atoms with E-state index >= 15 is 0 Å². The van der Waals surface area contributed by atoms with Gasteiger partial charge in [-0.15, -0.1) is 0 Å². The van der Waals surface area contributed by atoms with Crippen molar-refractivity contribution in [1.82, 2.24) is 0 Å². The van der Waals surface area contributed by atoms with E-state index in [2.05, 4.69) is 22.9 Å². The van der Waals surface area contributed by atoms with Crippen LogP contribution in [0.15, 0.2) is 18.2 Å². The predicted octanol–water partition coefficient (Wildman–Crippen LogP) is 4.29. The molecule has 15 heavy (non-hydrogen) atoms. The van der Waals surface area contributed by atoms with Crippen molar-refractivity contribution in [1.29, 1.82) is 0 Å². The molecule has 0 bridgehead atoms. The highest BCUT2D eigenvalue weighted by Crippen LogP contribution is 2.18.